The van der Waals surface area contributed by atoms with Crippen molar-refractivity contribution in [2.45, 2.75) is 70.9 Å². The Morgan fingerprint density at radius 1 is 1.21 bits per heavy atom. The lowest BCUT2D eigenvalue weighted by Gasteiger charge is -2.22. The van der Waals surface area contributed by atoms with Gasteiger partial charge in [-0.25, -0.2) is 0 Å². The van der Waals surface area contributed by atoms with Crippen molar-refractivity contribution in [3.63, 3.8) is 0 Å². The Morgan fingerprint density at radius 2 is 1.84 bits per heavy atom. The lowest BCUT2D eigenvalue weighted by Crippen LogP contribution is -2.40. The summed E-state index contributed by atoms with van der Waals surface area (Å²) in [6.07, 6.45) is 7.58. The molecule has 1 aliphatic heterocycles. The third-order valence-corrected chi connectivity index (χ3v) is 4.35. The molecule has 1 N–H and O–H groups in total. The van der Waals surface area contributed by atoms with Crippen molar-refractivity contribution in [3.8, 4) is 0 Å². The second kappa shape index (κ2) is 6.40. The molecule has 4 nitrogen and oxygen atoms in total. The van der Waals surface area contributed by atoms with Crippen LogP contribution in [0.1, 0.15) is 58.8 Å². The summed E-state index contributed by atoms with van der Waals surface area (Å²) in [6, 6.07) is 0.529. The van der Waals surface area contributed by atoms with Gasteiger partial charge >= 0.3 is 0 Å². The second-order valence-electron chi connectivity index (χ2n) is 6.24. The van der Waals surface area contributed by atoms with Gasteiger partial charge in [-0.15, -0.1) is 0 Å². The zero-order valence-electron chi connectivity index (χ0n) is 12.2. The van der Waals surface area contributed by atoms with Crippen molar-refractivity contribution in [1.29, 1.82) is 0 Å². The summed E-state index contributed by atoms with van der Waals surface area (Å²) in [5.74, 6) is 0.0672. The first-order chi connectivity index (χ1) is 9.08. The summed E-state index contributed by atoms with van der Waals surface area (Å²) >= 11 is 0. The van der Waals surface area contributed by atoms with Crippen molar-refractivity contribution in [2.24, 2.45) is 5.92 Å². The first kappa shape index (κ1) is 14.4. The van der Waals surface area contributed by atoms with Gasteiger partial charge in [-0.05, 0) is 26.7 Å². The van der Waals surface area contributed by atoms with E-state index in [4.69, 9.17) is 0 Å². The van der Waals surface area contributed by atoms with Gasteiger partial charge in [0.1, 0.15) is 0 Å². The molecule has 2 amide bonds. The van der Waals surface area contributed by atoms with Crippen molar-refractivity contribution in [2.75, 3.05) is 6.54 Å². The van der Waals surface area contributed by atoms with E-state index in [1.807, 2.05) is 18.7 Å². The van der Waals surface area contributed by atoms with E-state index < -0.39 is 0 Å². The molecule has 1 saturated carbocycles. The van der Waals surface area contributed by atoms with Crippen LogP contribution in [0.5, 0.6) is 0 Å². The summed E-state index contributed by atoms with van der Waals surface area (Å²) in [5, 5.41) is 3.16. The van der Waals surface area contributed by atoms with Gasteiger partial charge in [-0.3, -0.25) is 9.59 Å². The molecular formula is C15H26N2O2. The fraction of sp³-hybridized carbons (Fsp3) is 0.867. The first-order valence-electron chi connectivity index (χ1n) is 7.67. The van der Waals surface area contributed by atoms with E-state index in [0.717, 1.165) is 12.8 Å². The largest absolute Gasteiger partial charge is 0.353 e. The van der Waals surface area contributed by atoms with E-state index in [1.165, 1.54) is 25.7 Å². The maximum atomic E-state index is 12.2. The number of nitrogens with zero attached hydrogens (tertiary/aromatic N) is 1. The predicted molar refractivity (Wildman–Crippen MR) is 74.6 cm³/mol. The summed E-state index contributed by atoms with van der Waals surface area (Å²) in [5.41, 5.74) is 0. The van der Waals surface area contributed by atoms with Crippen LogP contribution in [-0.4, -0.2) is 35.3 Å². The molecule has 1 atom stereocenters. The second-order valence-corrected chi connectivity index (χ2v) is 6.24. The van der Waals surface area contributed by atoms with Crippen LogP contribution in [0.3, 0.4) is 0 Å². The van der Waals surface area contributed by atoms with Crippen LogP contribution in [0.15, 0.2) is 0 Å². The number of amides is 2. The molecule has 0 unspecified atom stereocenters. The third kappa shape index (κ3) is 3.71. The van der Waals surface area contributed by atoms with Gasteiger partial charge in [-0.1, -0.05) is 25.7 Å². The van der Waals surface area contributed by atoms with Gasteiger partial charge < -0.3 is 10.2 Å². The van der Waals surface area contributed by atoms with Crippen molar-refractivity contribution in [1.82, 2.24) is 10.2 Å². The van der Waals surface area contributed by atoms with E-state index in [1.54, 1.807) is 0 Å². The fourth-order valence-corrected chi connectivity index (χ4v) is 3.15. The lowest BCUT2D eigenvalue weighted by molar-refractivity contribution is -0.130. The Labute approximate surface area is 115 Å². The molecule has 1 aliphatic carbocycles. The molecule has 108 valence electrons. The Morgan fingerprint density at radius 3 is 2.37 bits per heavy atom. The summed E-state index contributed by atoms with van der Waals surface area (Å²) in [6.45, 7) is 4.60. The number of nitrogens with one attached hydrogen (secondary N) is 1. The summed E-state index contributed by atoms with van der Waals surface area (Å²) in [4.78, 5) is 25.9. The number of rotatable bonds is 3. The minimum atomic E-state index is -0.141. The third-order valence-electron chi connectivity index (χ3n) is 4.35. The van der Waals surface area contributed by atoms with E-state index in [9.17, 15) is 9.59 Å². The van der Waals surface area contributed by atoms with Gasteiger partial charge in [0.2, 0.25) is 11.8 Å². The molecule has 4 heteroatoms. The Bertz CT molecular complexity index is 333. The Kier molecular flexibility index (Phi) is 4.83. The topological polar surface area (TPSA) is 49.4 Å². The SMILES string of the molecule is CC(C)N1C[C@H](C(=O)NC2CCCCCC2)CC1=O. The molecule has 2 fully saturated rings. The fourth-order valence-electron chi connectivity index (χ4n) is 3.15. The van der Waals surface area contributed by atoms with E-state index >= 15 is 0 Å². The van der Waals surface area contributed by atoms with Gasteiger partial charge in [-0.2, -0.15) is 0 Å². The van der Waals surface area contributed by atoms with Gasteiger partial charge in [0, 0.05) is 25.0 Å². The van der Waals surface area contributed by atoms with E-state index in [2.05, 4.69) is 5.32 Å². The summed E-state index contributed by atoms with van der Waals surface area (Å²) < 4.78 is 0. The van der Waals surface area contributed by atoms with Crippen molar-refractivity contribution < 1.29 is 9.59 Å². The average Bonchev–Trinajstić information content (AvgIpc) is 2.58. The van der Waals surface area contributed by atoms with Gasteiger partial charge in [0.25, 0.3) is 0 Å². The van der Waals surface area contributed by atoms with Crippen LogP contribution in [-0.2, 0) is 9.59 Å². The highest BCUT2D eigenvalue weighted by atomic mass is 16.2. The molecule has 2 rings (SSSR count). The highest BCUT2D eigenvalue weighted by molar-refractivity contribution is 5.89. The van der Waals surface area contributed by atoms with Gasteiger partial charge in [0.15, 0.2) is 0 Å². The molecule has 1 saturated heterocycles. The van der Waals surface area contributed by atoms with E-state index in [0.29, 0.717) is 19.0 Å². The molecular weight excluding hydrogens is 240 g/mol. The predicted octanol–water partition coefficient (Wildman–Crippen LogP) is 2.08. The van der Waals surface area contributed by atoms with Gasteiger partial charge in [0.05, 0.1) is 5.92 Å². The number of carbonyl (C=O) groups is 2. The number of likely N-dealkylation sites (tertiary alicyclic amines) is 1. The smallest absolute Gasteiger partial charge is 0.225 e. The highest BCUT2D eigenvalue weighted by Gasteiger charge is 2.35. The minimum Gasteiger partial charge on any atom is -0.353 e. The maximum Gasteiger partial charge on any atom is 0.225 e. The quantitative estimate of drug-likeness (QED) is 0.795. The normalized spacial score (nSPS) is 25.7. The molecule has 0 spiro atoms. The van der Waals surface area contributed by atoms with Crippen LogP contribution in [0, 0.1) is 5.92 Å². The molecule has 0 aromatic rings. The number of hydrogen-bond acceptors (Lipinski definition) is 2. The Balaban J connectivity index is 1.85. The Hall–Kier alpha value is -1.06. The lowest BCUT2D eigenvalue weighted by atomic mass is 10.0. The first-order valence-corrected chi connectivity index (χ1v) is 7.67. The van der Waals surface area contributed by atoms with Crippen LogP contribution in [0.2, 0.25) is 0 Å². The average molecular weight is 266 g/mol. The summed E-state index contributed by atoms with van der Waals surface area (Å²) in [7, 11) is 0. The van der Waals surface area contributed by atoms with Crippen LogP contribution in [0.4, 0.5) is 0 Å². The standard InChI is InChI=1S/C15H26N2O2/c1-11(2)17-10-12(9-14(17)18)15(19)16-13-7-5-3-4-6-8-13/h11-13H,3-10H2,1-2H3,(H,16,19)/t12-/m1/s1. The minimum absolute atomic E-state index is 0.0865. The maximum absolute atomic E-state index is 12.2. The molecule has 0 radical (unpaired) electrons. The van der Waals surface area contributed by atoms with Crippen molar-refractivity contribution in [3.05, 3.63) is 0 Å². The number of hydrogen-bond donors (Lipinski definition) is 1. The molecule has 19 heavy (non-hydrogen) atoms. The number of carbonyl (C=O) groups excluding carboxylic acids is 2. The molecule has 0 aromatic heterocycles. The van der Waals surface area contributed by atoms with Crippen LogP contribution < -0.4 is 5.32 Å². The zero-order chi connectivity index (χ0) is 13.8. The molecule has 1 heterocycles. The highest BCUT2D eigenvalue weighted by Crippen LogP contribution is 2.22. The molecule has 0 aromatic carbocycles. The molecule has 0 bridgehead atoms. The van der Waals surface area contributed by atoms with Crippen LogP contribution >= 0.6 is 0 Å². The van der Waals surface area contributed by atoms with E-state index in [-0.39, 0.29) is 23.8 Å². The monoisotopic (exact) mass is 266 g/mol. The molecule has 2 aliphatic rings. The zero-order valence-corrected chi connectivity index (χ0v) is 12.2. The van der Waals surface area contributed by atoms with Crippen molar-refractivity contribution >= 4 is 11.8 Å². The van der Waals surface area contributed by atoms with Crippen LogP contribution in [0.25, 0.3) is 0 Å².